The van der Waals surface area contributed by atoms with Crippen LogP contribution in [0.1, 0.15) is 31.4 Å². The van der Waals surface area contributed by atoms with Crippen LogP contribution in [0.15, 0.2) is 24.3 Å². The minimum atomic E-state index is -0.176. The Balaban J connectivity index is 1.92. The highest BCUT2D eigenvalue weighted by Crippen LogP contribution is 2.52. The van der Waals surface area contributed by atoms with Gasteiger partial charge >= 0.3 is 0 Å². The standard InChI is InChI=1S/C14H16FNOS/c1-8(17)14-12(9-6-7-9)13(16-18-14)10-4-2-3-5-11(10)15/h2-5,9,12-14,16H,6-7H2,1H3. The van der Waals surface area contributed by atoms with Crippen molar-refractivity contribution in [3.05, 3.63) is 35.6 Å². The molecule has 1 saturated heterocycles. The second-order valence-electron chi connectivity index (χ2n) is 5.18. The Hall–Kier alpha value is -0.870. The van der Waals surface area contributed by atoms with Gasteiger partial charge in [0.05, 0.1) is 5.25 Å². The number of benzene rings is 1. The van der Waals surface area contributed by atoms with Crippen LogP contribution in [0.25, 0.3) is 0 Å². The van der Waals surface area contributed by atoms with E-state index in [9.17, 15) is 9.18 Å². The lowest BCUT2D eigenvalue weighted by Gasteiger charge is -2.22. The summed E-state index contributed by atoms with van der Waals surface area (Å²) in [5.74, 6) is 0.837. The van der Waals surface area contributed by atoms with Gasteiger partial charge in [-0.2, -0.15) is 0 Å². The Bertz CT molecular complexity index is 475. The number of hydrogen-bond donors (Lipinski definition) is 1. The van der Waals surface area contributed by atoms with E-state index in [1.165, 1.54) is 30.9 Å². The van der Waals surface area contributed by atoms with E-state index in [4.69, 9.17) is 0 Å². The summed E-state index contributed by atoms with van der Waals surface area (Å²) in [4.78, 5) is 11.7. The molecule has 3 rings (SSSR count). The zero-order chi connectivity index (χ0) is 12.7. The molecule has 2 nitrogen and oxygen atoms in total. The van der Waals surface area contributed by atoms with Gasteiger partial charge in [-0.25, -0.2) is 4.39 Å². The topological polar surface area (TPSA) is 29.1 Å². The van der Waals surface area contributed by atoms with Crippen molar-refractivity contribution in [3.8, 4) is 0 Å². The van der Waals surface area contributed by atoms with Gasteiger partial charge in [0, 0.05) is 17.5 Å². The van der Waals surface area contributed by atoms with Crippen molar-refractivity contribution >= 4 is 17.7 Å². The van der Waals surface area contributed by atoms with E-state index in [1.54, 1.807) is 13.0 Å². The molecule has 0 bridgehead atoms. The summed E-state index contributed by atoms with van der Waals surface area (Å²) in [7, 11) is 0. The summed E-state index contributed by atoms with van der Waals surface area (Å²) >= 11 is 1.47. The molecule has 1 N–H and O–H groups in total. The highest BCUT2D eigenvalue weighted by Gasteiger charge is 2.48. The minimum Gasteiger partial charge on any atom is -0.299 e. The van der Waals surface area contributed by atoms with Crippen molar-refractivity contribution in [2.45, 2.75) is 31.1 Å². The first-order chi connectivity index (χ1) is 8.68. The number of halogens is 1. The fourth-order valence-corrected chi connectivity index (χ4v) is 4.11. The molecule has 18 heavy (non-hydrogen) atoms. The smallest absolute Gasteiger partial charge is 0.144 e. The van der Waals surface area contributed by atoms with Gasteiger partial charge in [-0.05, 0) is 31.7 Å². The molecule has 2 aliphatic rings. The Morgan fingerprint density at radius 1 is 1.39 bits per heavy atom. The van der Waals surface area contributed by atoms with Gasteiger partial charge in [0.2, 0.25) is 0 Å². The van der Waals surface area contributed by atoms with E-state index in [0.717, 1.165) is 0 Å². The van der Waals surface area contributed by atoms with Gasteiger partial charge in [0.1, 0.15) is 11.6 Å². The van der Waals surface area contributed by atoms with Crippen LogP contribution < -0.4 is 4.72 Å². The number of rotatable bonds is 3. The van der Waals surface area contributed by atoms with Crippen molar-refractivity contribution in [2.24, 2.45) is 11.8 Å². The van der Waals surface area contributed by atoms with Gasteiger partial charge in [-0.3, -0.25) is 9.52 Å². The van der Waals surface area contributed by atoms with Gasteiger partial charge in [-0.15, -0.1) is 0 Å². The zero-order valence-electron chi connectivity index (χ0n) is 10.2. The number of carbonyl (C=O) groups is 1. The molecule has 1 aliphatic carbocycles. The molecule has 3 unspecified atom stereocenters. The maximum Gasteiger partial charge on any atom is 0.144 e. The first kappa shape index (κ1) is 12.2. The van der Waals surface area contributed by atoms with Crippen molar-refractivity contribution < 1.29 is 9.18 Å². The molecule has 2 fully saturated rings. The molecule has 0 amide bonds. The number of Topliss-reactive ketones (excluding diaryl/α,β-unsaturated/α-hetero) is 1. The van der Waals surface area contributed by atoms with Crippen LogP contribution in [0.4, 0.5) is 4.39 Å². The average molecular weight is 265 g/mol. The van der Waals surface area contributed by atoms with Gasteiger partial charge < -0.3 is 0 Å². The minimum absolute atomic E-state index is 0.0258. The third-order valence-corrected chi connectivity index (χ3v) is 5.15. The molecule has 0 spiro atoms. The highest BCUT2D eigenvalue weighted by atomic mass is 32.2. The maximum absolute atomic E-state index is 13.9. The normalized spacial score (nSPS) is 31.6. The van der Waals surface area contributed by atoms with Crippen molar-refractivity contribution in [1.29, 1.82) is 0 Å². The van der Waals surface area contributed by atoms with E-state index in [-0.39, 0.29) is 28.8 Å². The summed E-state index contributed by atoms with van der Waals surface area (Å²) in [6.45, 7) is 1.64. The monoisotopic (exact) mass is 265 g/mol. The molecular weight excluding hydrogens is 249 g/mol. The lowest BCUT2D eigenvalue weighted by molar-refractivity contribution is -0.117. The molecule has 1 heterocycles. The second kappa shape index (κ2) is 4.67. The van der Waals surface area contributed by atoms with Crippen LogP contribution in [-0.2, 0) is 4.79 Å². The SMILES string of the molecule is CC(=O)C1SNC(c2ccccc2F)C1C1CC1. The summed E-state index contributed by atoms with van der Waals surface area (Å²) in [5, 5.41) is -0.0258. The van der Waals surface area contributed by atoms with Gasteiger partial charge in [0.25, 0.3) is 0 Å². The van der Waals surface area contributed by atoms with E-state index in [0.29, 0.717) is 11.5 Å². The molecule has 1 aromatic rings. The highest BCUT2D eigenvalue weighted by molar-refractivity contribution is 7.99. The van der Waals surface area contributed by atoms with E-state index >= 15 is 0 Å². The number of nitrogens with one attached hydrogen (secondary N) is 1. The first-order valence-corrected chi connectivity index (χ1v) is 7.22. The molecule has 0 radical (unpaired) electrons. The van der Waals surface area contributed by atoms with Crippen molar-refractivity contribution in [3.63, 3.8) is 0 Å². The van der Waals surface area contributed by atoms with Crippen LogP contribution in [-0.4, -0.2) is 11.0 Å². The first-order valence-electron chi connectivity index (χ1n) is 6.34. The Kier molecular flexibility index (Phi) is 3.16. The average Bonchev–Trinajstić information content (AvgIpc) is 3.09. The molecule has 3 atom stereocenters. The summed E-state index contributed by atoms with van der Waals surface area (Å²) in [6.07, 6.45) is 2.34. The van der Waals surface area contributed by atoms with Crippen LogP contribution >= 0.6 is 11.9 Å². The summed E-state index contributed by atoms with van der Waals surface area (Å²) in [5.41, 5.74) is 0.700. The lowest BCUT2D eigenvalue weighted by atomic mass is 9.85. The van der Waals surface area contributed by atoms with Crippen LogP contribution in [0, 0.1) is 17.7 Å². The van der Waals surface area contributed by atoms with E-state index in [1.807, 2.05) is 12.1 Å². The van der Waals surface area contributed by atoms with Crippen molar-refractivity contribution in [2.75, 3.05) is 0 Å². The number of ketones is 1. The molecule has 0 aromatic heterocycles. The predicted molar refractivity (Wildman–Crippen MR) is 70.6 cm³/mol. The van der Waals surface area contributed by atoms with E-state index in [2.05, 4.69) is 4.72 Å². The molecular formula is C14H16FNOS. The van der Waals surface area contributed by atoms with E-state index < -0.39 is 0 Å². The van der Waals surface area contributed by atoms with Crippen LogP contribution in [0.2, 0.25) is 0 Å². The fourth-order valence-electron chi connectivity index (χ4n) is 2.83. The number of carbonyl (C=O) groups excluding carboxylic acids is 1. The fraction of sp³-hybridized carbons (Fsp3) is 0.500. The zero-order valence-corrected chi connectivity index (χ0v) is 11.0. The van der Waals surface area contributed by atoms with Crippen LogP contribution in [0.3, 0.4) is 0 Å². The van der Waals surface area contributed by atoms with Gasteiger partial charge in [0.15, 0.2) is 0 Å². The Morgan fingerprint density at radius 2 is 2.11 bits per heavy atom. The molecule has 1 saturated carbocycles. The summed E-state index contributed by atoms with van der Waals surface area (Å²) in [6, 6.07) is 6.85. The molecule has 4 heteroatoms. The molecule has 1 aromatic carbocycles. The Morgan fingerprint density at radius 3 is 2.72 bits per heavy atom. The third-order valence-electron chi connectivity index (χ3n) is 3.86. The second-order valence-corrected chi connectivity index (χ2v) is 6.16. The molecule has 1 aliphatic heterocycles. The lowest BCUT2D eigenvalue weighted by Crippen LogP contribution is -2.27. The van der Waals surface area contributed by atoms with Crippen molar-refractivity contribution in [1.82, 2.24) is 4.72 Å². The largest absolute Gasteiger partial charge is 0.299 e. The maximum atomic E-state index is 13.9. The third kappa shape index (κ3) is 2.08. The summed E-state index contributed by atoms with van der Waals surface area (Å²) < 4.78 is 17.2. The predicted octanol–water partition coefficient (Wildman–Crippen LogP) is 3.10. The quantitative estimate of drug-likeness (QED) is 0.851. The molecule has 96 valence electrons. The van der Waals surface area contributed by atoms with Crippen LogP contribution in [0.5, 0.6) is 0 Å². The Labute approximate surface area is 110 Å². The van der Waals surface area contributed by atoms with Gasteiger partial charge in [-0.1, -0.05) is 30.1 Å². The number of hydrogen-bond acceptors (Lipinski definition) is 3.